The van der Waals surface area contributed by atoms with Crippen LogP contribution in [-0.2, 0) is 24.2 Å². The van der Waals surface area contributed by atoms with Crippen molar-refractivity contribution in [3.8, 4) is 5.75 Å². The van der Waals surface area contributed by atoms with Crippen LogP contribution in [0.1, 0.15) is 29.3 Å². The van der Waals surface area contributed by atoms with Crippen LogP contribution in [0.3, 0.4) is 0 Å². The number of hydrogen-bond acceptors (Lipinski definition) is 5. The van der Waals surface area contributed by atoms with Crippen LogP contribution in [0, 0.1) is 0 Å². The van der Waals surface area contributed by atoms with Crippen molar-refractivity contribution >= 4 is 33.7 Å². The van der Waals surface area contributed by atoms with Gasteiger partial charge in [-0.25, -0.2) is 0 Å². The molecule has 0 atom stereocenters. The molecular formula is C28H29N3O2S. The predicted molar refractivity (Wildman–Crippen MR) is 141 cm³/mol. The second kappa shape index (κ2) is 10.4. The standard InChI is InChI=1S/C28H29N3O2S/c1-2-25-23-17-24(27(18-26(23)30-29-25)33-19-21-6-4-3-5-7-21)28(34)16-20-8-10-22(11-9-20)31-12-14-32-15-13-31/h3-11,17-18H,2,12-16,19H2,1H3,(H,29,30). The zero-order valence-electron chi connectivity index (χ0n) is 19.4. The topological polar surface area (TPSA) is 50.4 Å². The molecule has 1 saturated heterocycles. The molecular weight excluding hydrogens is 442 g/mol. The average molecular weight is 472 g/mol. The maximum atomic E-state index is 6.27. The minimum Gasteiger partial charge on any atom is -0.488 e. The van der Waals surface area contributed by atoms with Gasteiger partial charge in [-0.05, 0) is 35.7 Å². The van der Waals surface area contributed by atoms with Gasteiger partial charge in [0.15, 0.2) is 0 Å². The third kappa shape index (κ3) is 4.98. The number of aromatic amines is 1. The first-order valence-corrected chi connectivity index (χ1v) is 12.2. The predicted octanol–water partition coefficient (Wildman–Crippen LogP) is 5.50. The molecule has 174 valence electrons. The lowest BCUT2D eigenvalue weighted by molar-refractivity contribution is 0.122. The Labute approximate surface area is 205 Å². The van der Waals surface area contributed by atoms with Crippen LogP contribution in [0.4, 0.5) is 5.69 Å². The van der Waals surface area contributed by atoms with E-state index in [9.17, 15) is 0 Å². The quantitative estimate of drug-likeness (QED) is 0.272. The molecule has 5 nitrogen and oxygen atoms in total. The van der Waals surface area contributed by atoms with Crippen molar-refractivity contribution in [2.75, 3.05) is 31.2 Å². The summed E-state index contributed by atoms with van der Waals surface area (Å²) in [5.74, 6) is 0.778. The number of thiocarbonyl (C=S) groups is 1. The maximum absolute atomic E-state index is 6.27. The lowest BCUT2D eigenvalue weighted by Crippen LogP contribution is -2.36. The lowest BCUT2D eigenvalue weighted by Gasteiger charge is -2.28. The van der Waals surface area contributed by atoms with E-state index in [1.54, 1.807) is 0 Å². The number of aromatic nitrogens is 2. The van der Waals surface area contributed by atoms with E-state index in [0.29, 0.717) is 13.0 Å². The molecule has 0 bridgehead atoms. The second-order valence-corrected chi connectivity index (χ2v) is 9.05. The number of H-pyrrole nitrogens is 1. The van der Waals surface area contributed by atoms with E-state index < -0.39 is 0 Å². The van der Waals surface area contributed by atoms with Crippen molar-refractivity contribution in [1.29, 1.82) is 0 Å². The Hall–Kier alpha value is -3.22. The summed E-state index contributed by atoms with van der Waals surface area (Å²) >= 11 is 5.96. The van der Waals surface area contributed by atoms with Crippen molar-refractivity contribution < 1.29 is 9.47 Å². The summed E-state index contributed by atoms with van der Waals surface area (Å²) in [4.78, 5) is 3.23. The number of rotatable bonds is 8. The molecule has 2 heterocycles. The maximum Gasteiger partial charge on any atom is 0.130 e. The van der Waals surface area contributed by atoms with E-state index in [2.05, 4.69) is 64.5 Å². The van der Waals surface area contributed by atoms with Gasteiger partial charge >= 0.3 is 0 Å². The molecule has 1 aliphatic heterocycles. The number of benzene rings is 3. The second-order valence-electron chi connectivity index (χ2n) is 8.56. The first-order chi connectivity index (χ1) is 16.7. The zero-order valence-corrected chi connectivity index (χ0v) is 20.2. The Kier molecular flexibility index (Phi) is 6.88. The highest BCUT2D eigenvalue weighted by Crippen LogP contribution is 2.30. The summed E-state index contributed by atoms with van der Waals surface area (Å²) in [7, 11) is 0. The minimum atomic E-state index is 0.487. The summed E-state index contributed by atoms with van der Waals surface area (Å²) in [6, 6.07) is 23.1. The molecule has 1 aromatic heterocycles. The van der Waals surface area contributed by atoms with Gasteiger partial charge in [-0.3, -0.25) is 5.10 Å². The number of morpholine rings is 1. The van der Waals surface area contributed by atoms with E-state index in [1.807, 2.05) is 24.3 Å². The van der Waals surface area contributed by atoms with Gasteiger partial charge in [0.1, 0.15) is 12.4 Å². The molecule has 3 aromatic carbocycles. The summed E-state index contributed by atoms with van der Waals surface area (Å²) in [5, 5.41) is 8.74. The van der Waals surface area contributed by atoms with Crippen molar-refractivity contribution in [3.63, 3.8) is 0 Å². The largest absolute Gasteiger partial charge is 0.488 e. The van der Waals surface area contributed by atoms with E-state index in [-0.39, 0.29) is 0 Å². The Morgan fingerprint density at radius 2 is 1.79 bits per heavy atom. The molecule has 1 aliphatic rings. The van der Waals surface area contributed by atoms with E-state index in [1.165, 1.54) is 11.3 Å². The molecule has 0 aliphatic carbocycles. The van der Waals surface area contributed by atoms with Gasteiger partial charge in [-0.2, -0.15) is 5.10 Å². The van der Waals surface area contributed by atoms with Gasteiger partial charge in [0.05, 0.1) is 18.7 Å². The Morgan fingerprint density at radius 3 is 2.53 bits per heavy atom. The summed E-state index contributed by atoms with van der Waals surface area (Å²) in [6.07, 6.45) is 1.57. The average Bonchev–Trinajstić information content (AvgIpc) is 3.30. The van der Waals surface area contributed by atoms with Crippen LogP contribution in [-0.4, -0.2) is 41.4 Å². The highest BCUT2D eigenvalue weighted by molar-refractivity contribution is 7.80. The fourth-order valence-corrected chi connectivity index (χ4v) is 4.69. The summed E-state index contributed by atoms with van der Waals surface area (Å²) in [5.41, 5.74) is 6.53. The third-order valence-electron chi connectivity index (χ3n) is 6.30. The van der Waals surface area contributed by atoms with Gasteiger partial charge < -0.3 is 14.4 Å². The van der Waals surface area contributed by atoms with Crippen LogP contribution in [0.25, 0.3) is 10.9 Å². The van der Waals surface area contributed by atoms with Crippen LogP contribution < -0.4 is 9.64 Å². The molecule has 0 amide bonds. The number of nitrogens with zero attached hydrogens (tertiary/aromatic N) is 2. The number of anilines is 1. The number of fused-ring (bicyclic) bond motifs is 1. The lowest BCUT2D eigenvalue weighted by atomic mass is 10.0. The number of aryl methyl sites for hydroxylation is 1. The third-order valence-corrected chi connectivity index (χ3v) is 6.67. The van der Waals surface area contributed by atoms with Crippen LogP contribution >= 0.6 is 12.2 Å². The molecule has 0 saturated carbocycles. The van der Waals surface area contributed by atoms with Gasteiger partial charge in [0, 0.05) is 52.8 Å². The number of hydrogen-bond donors (Lipinski definition) is 1. The molecule has 6 heteroatoms. The van der Waals surface area contributed by atoms with E-state index in [4.69, 9.17) is 21.7 Å². The van der Waals surface area contributed by atoms with E-state index in [0.717, 1.165) is 71.1 Å². The Morgan fingerprint density at radius 1 is 1.03 bits per heavy atom. The highest BCUT2D eigenvalue weighted by atomic mass is 32.1. The highest BCUT2D eigenvalue weighted by Gasteiger charge is 2.16. The normalized spacial score (nSPS) is 13.9. The Bertz CT molecular complexity index is 1260. The molecule has 1 fully saturated rings. The minimum absolute atomic E-state index is 0.487. The molecule has 0 unspecified atom stereocenters. The monoisotopic (exact) mass is 471 g/mol. The van der Waals surface area contributed by atoms with E-state index >= 15 is 0 Å². The molecule has 4 aromatic rings. The van der Waals surface area contributed by atoms with Crippen molar-refractivity contribution in [2.45, 2.75) is 26.4 Å². The molecule has 5 rings (SSSR count). The SMILES string of the molecule is CCc1[nH]nc2cc(OCc3ccccc3)c(C(=S)Cc3ccc(N4CCOCC4)cc3)cc12. The van der Waals surface area contributed by atoms with Gasteiger partial charge in [0.25, 0.3) is 0 Å². The molecule has 34 heavy (non-hydrogen) atoms. The van der Waals surface area contributed by atoms with Crippen LogP contribution in [0.15, 0.2) is 66.7 Å². The first kappa shape index (κ1) is 22.6. The number of ether oxygens (including phenoxy) is 2. The van der Waals surface area contributed by atoms with Crippen molar-refractivity contribution in [2.24, 2.45) is 0 Å². The molecule has 0 radical (unpaired) electrons. The van der Waals surface area contributed by atoms with Crippen LogP contribution in [0.5, 0.6) is 5.75 Å². The van der Waals surface area contributed by atoms with Crippen LogP contribution in [0.2, 0.25) is 0 Å². The van der Waals surface area contributed by atoms with Gasteiger partial charge in [-0.15, -0.1) is 0 Å². The zero-order chi connectivity index (χ0) is 23.3. The number of nitrogens with one attached hydrogen (secondary N) is 1. The summed E-state index contributed by atoms with van der Waals surface area (Å²) < 4.78 is 11.7. The van der Waals surface area contributed by atoms with Crippen molar-refractivity contribution in [1.82, 2.24) is 10.2 Å². The fraction of sp³-hybridized carbons (Fsp3) is 0.286. The van der Waals surface area contributed by atoms with Crippen molar-refractivity contribution in [3.05, 3.63) is 89.1 Å². The smallest absolute Gasteiger partial charge is 0.130 e. The summed E-state index contributed by atoms with van der Waals surface area (Å²) in [6.45, 7) is 6.05. The van der Waals surface area contributed by atoms with Gasteiger partial charge in [-0.1, -0.05) is 61.6 Å². The first-order valence-electron chi connectivity index (χ1n) is 11.8. The van der Waals surface area contributed by atoms with Gasteiger partial charge in [0.2, 0.25) is 0 Å². The molecule has 1 N–H and O–H groups in total. The Balaban J connectivity index is 1.39. The fourth-order valence-electron chi connectivity index (χ4n) is 4.36. The molecule has 0 spiro atoms.